The molecule has 1 aromatic heterocycles. The van der Waals surface area contributed by atoms with Crippen LogP contribution in [-0.4, -0.2) is 31.9 Å². The predicted octanol–water partition coefficient (Wildman–Crippen LogP) is -0.0395. The highest BCUT2D eigenvalue weighted by Gasteiger charge is 2.25. The normalized spacial score (nSPS) is 12.1. The van der Waals surface area contributed by atoms with Crippen LogP contribution in [0.25, 0.3) is 0 Å². The summed E-state index contributed by atoms with van der Waals surface area (Å²) in [5, 5.41) is 21.3. The van der Waals surface area contributed by atoms with E-state index >= 15 is 0 Å². The van der Waals surface area contributed by atoms with Crippen molar-refractivity contribution >= 4 is 11.9 Å². The first-order valence-corrected chi connectivity index (χ1v) is 4.84. The summed E-state index contributed by atoms with van der Waals surface area (Å²) < 4.78 is 0.693. The van der Waals surface area contributed by atoms with Crippen molar-refractivity contribution in [1.82, 2.24) is 9.78 Å². The number of rotatable bonds is 4. The largest absolute Gasteiger partial charge is 0.481 e. The lowest BCUT2D eigenvalue weighted by Crippen LogP contribution is -2.33. The predicted molar refractivity (Wildman–Crippen MR) is 56.9 cm³/mol. The Bertz CT molecular complexity index is 520. The third-order valence-corrected chi connectivity index (χ3v) is 2.34. The molecule has 0 saturated heterocycles. The minimum Gasteiger partial charge on any atom is -0.481 e. The maximum atomic E-state index is 11.6. The smallest absolute Gasteiger partial charge is 0.329 e. The SMILES string of the molecule is Cc1cc(=O)n(C(CC(=O)O)C(=O)O)nc1C. The lowest BCUT2D eigenvalue weighted by atomic mass is 10.2. The van der Waals surface area contributed by atoms with E-state index in [0.29, 0.717) is 15.9 Å². The summed E-state index contributed by atoms with van der Waals surface area (Å²) in [5.41, 5.74) is 0.494. The molecule has 17 heavy (non-hydrogen) atoms. The van der Waals surface area contributed by atoms with Gasteiger partial charge in [0.15, 0.2) is 6.04 Å². The van der Waals surface area contributed by atoms with E-state index in [1.54, 1.807) is 13.8 Å². The molecule has 0 aliphatic heterocycles. The van der Waals surface area contributed by atoms with E-state index in [9.17, 15) is 14.4 Å². The zero-order chi connectivity index (χ0) is 13.2. The Balaban J connectivity index is 3.28. The maximum Gasteiger partial charge on any atom is 0.329 e. The van der Waals surface area contributed by atoms with Crippen molar-refractivity contribution in [2.75, 3.05) is 0 Å². The number of hydrogen-bond donors (Lipinski definition) is 2. The van der Waals surface area contributed by atoms with Crippen molar-refractivity contribution in [3.8, 4) is 0 Å². The van der Waals surface area contributed by atoms with Crippen molar-refractivity contribution < 1.29 is 19.8 Å². The Morgan fingerprint density at radius 1 is 1.41 bits per heavy atom. The molecule has 0 fully saturated rings. The highest BCUT2D eigenvalue weighted by Crippen LogP contribution is 2.09. The summed E-state index contributed by atoms with van der Waals surface area (Å²) in [6.07, 6.45) is -0.690. The summed E-state index contributed by atoms with van der Waals surface area (Å²) >= 11 is 0. The highest BCUT2D eigenvalue weighted by atomic mass is 16.4. The lowest BCUT2D eigenvalue weighted by molar-refractivity contribution is -0.147. The molecule has 0 bridgehead atoms. The molecule has 1 rings (SSSR count). The molecule has 2 N–H and O–H groups in total. The average Bonchev–Trinajstić information content (AvgIpc) is 2.20. The molecule has 1 aromatic rings. The van der Waals surface area contributed by atoms with Crippen LogP contribution in [0.3, 0.4) is 0 Å². The molecule has 1 heterocycles. The van der Waals surface area contributed by atoms with Gasteiger partial charge in [0.05, 0.1) is 12.1 Å². The fourth-order valence-corrected chi connectivity index (χ4v) is 1.31. The van der Waals surface area contributed by atoms with Crippen LogP contribution in [0.15, 0.2) is 10.9 Å². The molecule has 0 aliphatic carbocycles. The standard InChI is InChI=1S/C10H12N2O5/c1-5-3-8(13)12(11-6(5)2)7(10(16)17)4-9(14)15/h3,7H,4H2,1-2H3,(H,14,15)(H,16,17). The van der Waals surface area contributed by atoms with Crippen LogP contribution < -0.4 is 5.56 Å². The van der Waals surface area contributed by atoms with Gasteiger partial charge in [-0.15, -0.1) is 0 Å². The van der Waals surface area contributed by atoms with Crippen molar-refractivity contribution in [1.29, 1.82) is 0 Å². The monoisotopic (exact) mass is 240 g/mol. The van der Waals surface area contributed by atoms with Crippen molar-refractivity contribution in [2.45, 2.75) is 26.3 Å². The highest BCUT2D eigenvalue weighted by molar-refractivity contribution is 5.79. The van der Waals surface area contributed by atoms with Crippen LogP contribution in [0.4, 0.5) is 0 Å². The summed E-state index contributed by atoms with van der Waals surface area (Å²) in [6.45, 7) is 3.28. The number of carbonyl (C=O) groups is 2. The maximum absolute atomic E-state index is 11.6. The van der Waals surface area contributed by atoms with Crippen LogP contribution >= 0.6 is 0 Å². The van der Waals surface area contributed by atoms with Crippen LogP contribution in [0.1, 0.15) is 23.7 Å². The Morgan fingerprint density at radius 3 is 2.47 bits per heavy atom. The minimum atomic E-state index is -1.49. The molecule has 0 radical (unpaired) electrons. The van der Waals surface area contributed by atoms with E-state index in [1.807, 2.05) is 0 Å². The molecule has 92 valence electrons. The quantitative estimate of drug-likeness (QED) is 0.764. The molecule has 0 amide bonds. The van der Waals surface area contributed by atoms with Gasteiger partial charge in [-0.2, -0.15) is 5.10 Å². The van der Waals surface area contributed by atoms with Crippen molar-refractivity contribution in [3.05, 3.63) is 27.7 Å². The summed E-state index contributed by atoms with van der Waals surface area (Å²) in [7, 11) is 0. The van der Waals surface area contributed by atoms with E-state index in [1.165, 1.54) is 6.07 Å². The van der Waals surface area contributed by atoms with Gasteiger partial charge in [-0.1, -0.05) is 0 Å². The Hall–Kier alpha value is -2.18. The summed E-state index contributed by atoms with van der Waals surface area (Å²) in [6, 6.07) is -0.251. The van der Waals surface area contributed by atoms with Gasteiger partial charge in [-0.05, 0) is 19.4 Å². The fourth-order valence-electron chi connectivity index (χ4n) is 1.31. The van der Waals surface area contributed by atoms with Gasteiger partial charge in [-0.3, -0.25) is 9.59 Å². The molecule has 0 saturated carbocycles. The molecule has 0 aliphatic rings. The molecule has 7 heteroatoms. The van der Waals surface area contributed by atoms with E-state index in [4.69, 9.17) is 10.2 Å². The molecular formula is C10H12N2O5. The molecular weight excluding hydrogens is 228 g/mol. The number of hydrogen-bond acceptors (Lipinski definition) is 4. The van der Waals surface area contributed by atoms with Gasteiger partial charge in [0, 0.05) is 6.07 Å². The van der Waals surface area contributed by atoms with E-state index in [2.05, 4.69) is 5.10 Å². The van der Waals surface area contributed by atoms with Gasteiger partial charge in [-0.25, -0.2) is 9.48 Å². The van der Waals surface area contributed by atoms with Gasteiger partial charge < -0.3 is 10.2 Å². The second-order valence-corrected chi connectivity index (χ2v) is 3.65. The molecule has 1 atom stereocenters. The van der Waals surface area contributed by atoms with Gasteiger partial charge in [0.2, 0.25) is 0 Å². The van der Waals surface area contributed by atoms with Crippen LogP contribution in [0.5, 0.6) is 0 Å². The van der Waals surface area contributed by atoms with Crippen LogP contribution in [0, 0.1) is 13.8 Å². The number of carboxylic acids is 2. The second kappa shape index (κ2) is 4.77. The van der Waals surface area contributed by atoms with Crippen molar-refractivity contribution in [3.63, 3.8) is 0 Å². The number of carboxylic acid groups (broad SMARTS) is 2. The zero-order valence-corrected chi connectivity index (χ0v) is 9.38. The average molecular weight is 240 g/mol. The first-order valence-electron chi connectivity index (χ1n) is 4.84. The number of nitrogens with zero attached hydrogens (tertiary/aromatic N) is 2. The Kier molecular flexibility index (Phi) is 3.62. The third-order valence-electron chi connectivity index (χ3n) is 2.34. The van der Waals surface area contributed by atoms with Crippen LogP contribution in [-0.2, 0) is 9.59 Å². The number of aliphatic carboxylic acids is 2. The topological polar surface area (TPSA) is 109 Å². The van der Waals surface area contributed by atoms with Gasteiger partial charge >= 0.3 is 11.9 Å². The zero-order valence-electron chi connectivity index (χ0n) is 9.38. The fraction of sp³-hybridized carbons (Fsp3) is 0.400. The van der Waals surface area contributed by atoms with E-state index < -0.39 is 30.0 Å². The van der Waals surface area contributed by atoms with E-state index in [-0.39, 0.29) is 0 Å². The summed E-state index contributed by atoms with van der Waals surface area (Å²) in [5.74, 6) is -2.70. The molecule has 1 unspecified atom stereocenters. The van der Waals surface area contributed by atoms with Crippen LogP contribution in [0.2, 0.25) is 0 Å². The lowest BCUT2D eigenvalue weighted by Gasteiger charge is -2.13. The van der Waals surface area contributed by atoms with Crippen molar-refractivity contribution in [2.24, 2.45) is 0 Å². The molecule has 0 aromatic carbocycles. The van der Waals surface area contributed by atoms with Gasteiger partial charge in [0.1, 0.15) is 0 Å². The number of aryl methyl sites for hydroxylation is 2. The van der Waals surface area contributed by atoms with E-state index in [0.717, 1.165) is 0 Å². The third kappa shape index (κ3) is 2.90. The molecule has 0 spiro atoms. The first-order chi connectivity index (χ1) is 7.82. The number of aromatic nitrogens is 2. The minimum absolute atomic E-state index is 0.487. The molecule has 7 nitrogen and oxygen atoms in total. The second-order valence-electron chi connectivity index (χ2n) is 3.65. The Morgan fingerprint density at radius 2 is 2.00 bits per heavy atom. The summed E-state index contributed by atoms with van der Waals surface area (Å²) in [4.78, 5) is 33.0. The van der Waals surface area contributed by atoms with Gasteiger partial charge in [0.25, 0.3) is 5.56 Å². The Labute approximate surface area is 96.3 Å². The first kappa shape index (κ1) is 12.9.